The van der Waals surface area contributed by atoms with Crippen molar-refractivity contribution in [2.24, 2.45) is 0 Å². The van der Waals surface area contributed by atoms with Gasteiger partial charge in [-0.3, -0.25) is 14.9 Å². The van der Waals surface area contributed by atoms with E-state index in [1.807, 2.05) is 43.9 Å². The van der Waals surface area contributed by atoms with E-state index in [9.17, 15) is 24.0 Å². The number of Topliss-reactive ketones (excluding diaryl/α,β-unsaturated/α-hetero) is 1. The molecule has 276 valence electrons. The SMILES string of the molecule is CCC1(OC(=O)CNC(=O)OC(C)(C)C)C(=O)OCC2=C1CC1=C(C2=O)N2Cc3c(cc(NC(=O)OC(C)(C)C)cc3[Si](C)(C)C(C)C)C=C2N1. The van der Waals surface area contributed by atoms with E-state index in [0.29, 0.717) is 40.6 Å². The van der Waals surface area contributed by atoms with Crippen LogP contribution in [0.3, 0.4) is 0 Å². The van der Waals surface area contributed by atoms with Crippen LogP contribution in [0.15, 0.2) is 40.5 Å². The number of alkyl carbamates (subject to hydrolysis) is 1. The molecule has 0 saturated heterocycles. The highest BCUT2D eigenvalue weighted by molar-refractivity contribution is 6.91. The number of esters is 2. The lowest BCUT2D eigenvalue weighted by atomic mass is 9.78. The Morgan fingerprint density at radius 2 is 1.69 bits per heavy atom. The Morgan fingerprint density at radius 1 is 1.04 bits per heavy atom. The number of allylic oxidation sites excluding steroid dienone is 2. The number of hydrogen-bond donors (Lipinski definition) is 3. The number of rotatable bonds is 7. The first kappa shape index (κ1) is 37.7. The van der Waals surface area contributed by atoms with Crippen molar-refractivity contribution >= 4 is 54.9 Å². The Bertz CT molecular complexity index is 1790. The number of benzene rings is 1. The largest absolute Gasteiger partial charge is 0.457 e. The Morgan fingerprint density at radius 3 is 2.29 bits per heavy atom. The number of carbonyl (C=O) groups excluding carboxylic acids is 5. The standard InChI is InChI=1S/C37H50N4O9Si/c1-12-37(48-29(42)17-38-33(45)49-35(4,5)6)25-16-26-30(31(43)24(25)19-47-32(37)44)41-18-23-21(14-28(41)40-26)13-22(39-34(46)50-36(7,8)9)15-27(23)51(10,11)20(2)3/h13-15,20,40H,12,16-19H2,1-11H3,(H,38,45)(H,39,46). The van der Waals surface area contributed by atoms with Gasteiger partial charge in [0.25, 0.3) is 0 Å². The summed E-state index contributed by atoms with van der Waals surface area (Å²) in [6.07, 6.45) is 0.770. The van der Waals surface area contributed by atoms with Crippen LogP contribution in [0, 0.1) is 0 Å². The number of hydrogen-bond acceptors (Lipinski definition) is 11. The van der Waals surface area contributed by atoms with Crippen LogP contribution in [0.1, 0.15) is 86.3 Å². The summed E-state index contributed by atoms with van der Waals surface area (Å²) in [5.41, 5.74) is 1.38. The van der Waals surface area contributed by atoms with E-state index in [-0.39, 0.29) is 30.8 Å². The molecule has 1 aliphatic carbocycles. The molecule has 13 nitrogen and oxygen atoms in total. The van der Waals surface area contributed by atoms with Crippen molar-refractivity contribution in [3.8, 4) is 0 Å². The summed E-state index contributed by atoms with van der Waals surface area (Å²) in [4.78, 5) is 67.7. The molecule has 4 aliphatic rings. The molecule has 1 aromatic carbocycles. The van der Waals surface area contributed by atoms with Crippen molar-refractivity contribution in [3.05, 3.63) is 51.6 Å². The molecule has 14 heteroatoms. The first-order chi connectivity index (χ1) is 23.6. The van der Waals surface area contributed by atoms with Gasteiger partial charge in [0.05, 0.1) is 14.6 Å². The number of nitrogens with zero attached hydrogens (tertiary/aromatic N) is 1. The maximum absolute atomic E-state index is 14.3. The van der Waals surface area contributed by atoms with E-state index < -0.39 is 55.5 Å². The number of anilines is 1. The topological polar surface area (TPSA) is 162 Å². The van der Waals surface area contributed by atoms with Gasteiger partial charge in [0, 0.05) is 29.0 Å². The lowest BCUT2D eigenvalue weighted by Crippen LogP contribution is -2.52. The average molecular weight is 723 g/mol. The lowest BCUT2D eigenvalue weighted by molar-refractivity contribution is -0.180. The highest BCUT2D eigenvalue weighted by Gasteiger charge is 2.54. The molecule has 5 rings (SSSR count). The molecule has 0 saturated carbocycles. The van der Waals surface area contributed by atoms with Gasteiger partial charge in [0.1, 0.15) is 35.9 Å². The first-order valence-corrected chi connectivity index (χ1v) is 20.4. The second-order valence-corrected chi connectivity index (χ2v) is 21.3. The van der Waals surface area contributed by atoms with Gasteiger partial charge < -0.3 is 34.5 Å². The second-order valence-electron chi connectivity index (χ2n) is 16.2. The van der Waals surface area contributed by atoms with Crippen LogP contribution < -0.4 is 21.1 Å². The van der Waals surface area contributed by atoms with Crippen molar-refractivity contribution in [2.45, 2.75) is 117 Å². The average Bonchev–Trinajstić information content (AvgIpc) is 3.35. The van der Waals surface area contributed by atoms with Crippen LogP contribution in [-0.2, 0) is 39.9 Å². The third-order valence-corrected chi connectivity index (χ3v) is 14.5. The van der Waals surface area contributed by atoms with Crippen LogP contribution in [0.5, 0.6) is 0 Å². The maximum atomic E-state index is 14.3. The Labute approximate surface area is 300 Å². The molecule has 0 spiro atoms. The molecule has 1 atom stereocenters. The smallest absolute Gasteiger partial charge is 0.412 e. The summed E-state index contributed by atoms with van der Waals surface area (Å²) in [7, 11) is -2.09. The van der Waals surface area contributed by atoms with Gasteiger partial charge in [0.2, 0.25) is 11.4 Å². The van der Waals surface area contributed by atoms with Crippen molar-refractivity contribution in [1.29, 1.82) is 0 Å². The number of nitrogens with one attached hydrogen (secondary N) is 3. The highest BCUT2D eigenvalue weighted by Crippen LogP contribution is 2.46. The zero-order valence-corrected chi connectivity index (χ0v) is 32.5. The fourth-order valence-corrected chi connectivity index (χ4v) is 8.77. The van der Waals surface area contributed by atoms with Crippen molar-refractivity contribution < 1.29 is 42.9 Å². The van der Waals surface area contributed by atoms with E-state index in [1.54, 1.807) is 27.7 Å². The maximum Gasteiger partial charge on any atom is 0.412 e. The molecule has 0 radical (unpaired) electrons. The van der Waals surface area contributed by atoms with Crippen LogP contribution in [0.4, 0.5) is 15.3 Å². The minimum Gasteiger partial charge on any atom is -0.457 e. The van der Waals surface area contributed by atoms with Gasteiger partial charge in [-0.1, -0.05) is 39.1 Å². The van der Waals surface area contributed by atoms with E-state index >= 15 is 0 Å². The summed E-state index contributed by atoms with van der Waals surface area (Å²) < 4.78 is 22.0. The van der Waals surface area contributed by atoms with Gasteiger partial charge in [-0.25, -0.2) is 14.4 Å². The third kappa shape index (κ3) is 7.42. The quantitative estimate of drug-likeness (QED) is 0.190. The Hall–Kier alpha value is -4.59. The molecule has 3 N–H and O–H groups in total. The van der Waals surface area contributed by atoms with Crippen molar-refractivity contribution in [3.63, 3.8) is 0 Å². The molecule has 51 heavy (non-hydrogen) atoms. The summed E-state index contributed by atoms with van der Waals surface area (Å²) in [6, 6.07) is 3.96. The number of cyclic esters (lactones) is 1. The third-order valence-electron chi connectivity index (χ3n) is 9.73. The minimum atomic E-state index is -2.09. The molecule has 1 aromatic rings. The molecule has 0 bridgehead atoms. The van der Waals surface area contributed by atoms with Crippen LogP contribution in [-0.4, -0.2) is 72.8 Å². The molecule has 3 heterocycles. The number of ether oxygens (including phenoxy) is 4. The Kier molecular flexibility index (Phi) is 9.74. The molecular weight excluding hydrogens is 673 g/mol. The van der Waals surface area contributed by atoms with E-state index in [4.69, 9.17) is 18.9 Å². The number of ketones is 1. The van der Waals surface area contributed by atoms with Gasteiger partial charge in [-0.2, -0.15) is 0 Å². The van der Waals surface area contributed by atoms with Crippen molar-refractivity contribution in [2.75, 3.05) is 18.5 Å². The molecule has 2 amide bonds. The van der Waals surface area contributed by atoms with Gasteiger partial charge >= 0.3 is 24.1 Å². The Balaban J connectivity index is 1.45. The van der Waals surface area contributed by atoms with Gasteiger partial charge in [-0.05, 0) is 82.8 Å². The molecule has 0 aromatic heterocycles. The van der Waals surface area contributed by atoms with Gasteiger partial charge in [-0.15, -0.1) is 0 Å². The predicted octanol–water partition coefficient (Wildman–Crippen LogP) is 5.33. The van der Waals surface area contributed by atoms with E-state index in [1.165, 1.54) is 0 Å². The van der Waals surface area contributed by atoms with Crippen LogP contribution in [0.25, 0.3) is 6.08 Å². The fourth-order valence-electron chi connectivity index (χ4n) is 6.62. The molecule has 3 aliphatic heterocycles. The number of amides is 2. The predicted molar refractivity (Wildman–Crippen MR) is 193 cm³/mol. The number of fused-ring (bicyclic) bond motifs is 3. The zero-order chi connectivity index (χ0) is 37.8. The van der Waals surface area contributed by atoms with E-state index in [0.717, 1.165) is 16.3 Å². The molecule has 0 fully saturated rings. The zero-order valence-electron chi connectivity index (χ0n) is 31.5. The summed E-state index contributed by atoms with van der Waals surface area (Å²) >= 11 is 0. The van der Waals surface area contributed by atoms with E-state index in [2.05, 4.69) is 42.9 Å². The second kappa shape index (κ2) is 13.2. The lowest BCUT2D eigenvalue weighted by Gasteiger charge is -2.39. The highest BCUT2D eigenvalue weighted by atomic mass is 28.3. The van der Waals surface area contributed by atoms with Crippen LogP contribution >= 0.6 is 0 Å². The number of carbonyl (C=O) groups is 5. The summed E-state index contributed by atoms with van der Waals surface area (Å²) in [5.74, 6) is -1.29. The van der Waals surface area contributed by atoms with Crippen LogP contribution in [0.2, 0.25) is 18.6 Å². The minimum absolute atomic E-state index is 0.0162. The van der Waals surface area contributed by atoms with Gasteiger partial charge in [0.15, 0.2) is 0 Å². The normalized spacial score (nSPS) is 20.0. The summed E-state index contributed by atoms with van der Waals surface area (Å²) in [6.45, 7) is 20.8. The monoisotopic (exact) mass is 722 g/mol. The molecule has 1 unspecified atom stereocenters. The fraction of sp³-hybridized carbons (Fsp3) is 0.541. The molecular formula is C37H50N4O9Si. The van der Waals surface area contributed by atoms with Crippen molar-refractivity contribution in [1.82, 2.24) is 15.5 Å². The first-order valence-electron chi connectivity index (χ1n) is 17.4. The summed E-state index contributed by atoms with van der Waals surface area (Å²) in [5, 5.41) is 9.85.